The summed E-state index contributed by atoms with van der Waals surface area (Å²) in [5, 5.41) is -0.623. The Bertz CT molecular complexity index is 156. The first-order chi connectivity index (χ1) is 3.48. The Morgan fingerprint density at radius 3 is 2.00 bits per heavy atom. The molecule has 0 aliphatic rings. The van der Waals surface area contributed by atoms with Gasteiger partial charge in [-0.3, -0.25) is 4.55 Å². The molecule has 0 aromatic heterocycles. The fraction of sp³-hybridized carbons (Fsp3) is 1.00. The van der Waals surface area contributed by atoms with E-state index in [1.807, 2.05) is 0 Å². The summed E-state index contributed by atoms with van der Waals surface area (Å²) in [7, 11) is -3.75. The molecule has 1 N–H and O–H groups in total. The van der Waals surface area contributed by atoms with E-state index >= 15 is 0 Å². The Kier molecular flexibility index (Phi) is 5.89. The molecule has 0 spiro atoms. The maximum atomic E-state index is 10.1. The smallest absolute Gasteiger partial charge is 1.00 e. The SMILES string of the molecule is CCC(C)S(=O)(=O)O.[H-].[Li+]. The third-order valence-electron chi connectivity index (χ3n) is 1.08. The summed E-state index contributed by atoms with van der Waals surface area (Å²) in [6.07, 6.45) is 0.457. The van der Waals surface area contributed by atoms with Crippen molar-refractivity contribution in [3.63, 3.8) is 0 Å². The van der Waals surface area contributed by atoms with Crippen molar-refractivity contribution in [3.05, 3.63) is 0 Å². The standard InChI is InChI=1S/C4H10O3S.Li.H/c1-3-4(2)8(5,6)7;;/h4H,3H2,1-2H3,(H,5,6,7);;/q;+1;-1. The summed E-state index contributed by atoms with van der Waals surface area (Å²) < 4.78 is 28.5. The molecule has 0 aliphatic heterocycles. The normalized spacial score (nSPS) is 14.1. The first kappa shape index (κ1) is 12.2. The van der Waals surface area contributed by atoms with Gasteiger partial charge in [0, 0.05) is 0 Å². The van der Waals surface area contributed by atoms with Crippen LogP contribution in [0.1, 0.15) is 21.7 Å². The number of rotatable bonds is 2. The first-order valence-electron chi connectivity index (χ1n) is 2.44. The Balaban J connectivity index is -0.000000245. The molecule has 0 heterocycles. The molecular formula is C4H11LiO3S. The zero-order valence-corrected chi connectivity index (χ0v) is 6.77. The van der Waals surface area contributed by atoms with E-state index < -0.39 is 15.4 Å². The zero-order valence-electron chi connectivity index (χ0n) is 6.96. The molecule has 0 aromatic carbocycles. The molecule has 0 aromatic rings. The average Bonchev–Trinajstić information content (AvgIpc) is 1.62. The monoisotopic (exact) mass is 146 g/mol. The van der Waals surface area contributed by atoms with E-state index in [1.165, 1.54) is 6.92 Å². The van der Waals surface area contributed by atoms with E-state index in [9.17, 15) is 8.42 Å². The molecule has 1 unspecified atom stereocenters. The molecule has 5 heteroatoms. The summed E-state index contributed by atoms with van der Waals surface area (Å²) in [5.41, 5.74) is 0. The molecule has 52 valence electrons. The first-order valence-corrected chi connectivity index (χ1v) is 3.95. The van der Waals surface area contributed by atoms with Crippen LogP contribution in [-0.4, -0.2) is 18.2 Å². The van der Waals surface area contributed by atoms with Crippen molar-refractivity contribution < 1.29 is 33.3 Å². The van der Waals surface area contributed by atoms with Gasteiger partial charge >= 0.3 is 18.9 Å². The van der Waals surface area contributed by atoms with E-state index in [1.54, 1.807) is 6.92 Å². The zero-order chi connectivity index (χ0) is 6.78. The molecule has 0 amide bonds. The van der Waals surface area contributed by atoms with Crippen LogP contribution in [0.3, 0.4) is 0 Å². The van der Waals surface area contributed by atoms with Crippen molar-refractivity contribution in [2.75, 3.05) is 0 Å². The Morgan fingerprint density at radius 2 is 2.00 bits per heavy atom. The van der Waals surface area contributed by atoms with Crippen LogP contribution in [0.2, 0.25) is 0 Å². The van der Waals surface area contributed by atoms with Gasteiger partial charge in [-0.15, -0.1) is 0 Å². The fourth-order valence-corrected chi connectivity index (χ4v) is 0.632. The maximum Gasteiger partial charge on any atom is 1.00 e. The van der Waals surface area contributed by atoms with Gasteiger partial charge in [0.25, 0.3) is 10.1 Å². The third kappa shape index (κ3) is 4.98. The molecule has 0 radical (unpaired) electrons. The molecule has 0 aliphatic carbocycles. The van der Waals surface area contributed by atoms with Gasteiger partial charge in [-0.05, 0) is 13.3 Å². The third-order valence-corrected chi connectivity index (χ3v) is 2.43. The quantitative estimate of drug-likeness (QED) is 0.355. The van der Waals surface area contributed by atoms with Crippen molar-refractivity contribution in [2.45, 2.75) is 25.5 Å². The van der Waals surface area contributed by atoms with Crippen molar-refractivity contribution in [2.24, 2.45) is 0 Å². The summed E-state index contributed by atoms with van der Waals surface area (Å²) in [6.45, 7) is 3.17. The molecule has 1 atom stereocenters. The molecular weight excluding hydrogens is 135 g/mol. The number of hydrogen-bond donors (Lipinski definition) is 1. The number of hydrogen-bond acceptors (Lipinski definition) is 2. The van der Waals surface area contributed by atoms with E-state index in [4.69, 9.17) is 4.55 Å². The predicted octanol–water partition coefficient (Wildman–Crippen LogP) is -2.21. The molecule has 0 bridgehead atoms. The van der Waals surface area contributed by atoms with Gasteiger partial charge in [-0.25, -0.2) is 0 Å². The second kappa shape index (κ2) is 4.34. The summed E-state index contributed by atoms with van der Waals surface area (Å²) in [5.74, 6) is 0. The molecule has 0 saturated carbocycles. The predicted molar refractivity (Wildman–Crippen MR) is 32.4 cm³/mol. The van der Waals surface area contributed by atoms with Crippen molar-refractivity contribution in [3.8, 4) is 0 Å². The molecule has 0 saturated heterocycles. The van der Waals surface area contributed by atoms with Gasteiger partial charge in [0.15, 0.2) is 0 Å². The van der Waals surface area contributed by atoms with Gasteiger partial charge in [0.1, 0.15) is 0 Å². The van der Waals surface area contributed by atoms with E-state index in [0.29, 0.717) is 6.42 Å². The minimum Gasteiger partial charge on any atom is -1.00 e. The fourth-order valence-electron chi connectivity index (χ4n) is 0.211. The summed E-state index contributed by atoms with van der Waals surface area (Å²) >= 11 is 0. The summed E-state index contributed by atoms with van der Waals surface area (Å²) in [4.78, 5) is 0. The summed E-state index contributed by atoms with van der Waals surface area (Å²) in [6, 6.07) is 0. The van der Waals surface area contributed by atoms with Crippen molar-refractivity contribution in [1.29, 1.82) is 0 Å². The van der Waals surface area contributed by atoms with Crippen LogP contribution in [0.5, 0.6) is 0 Å². The second-order valence-electron chi connectivity index (χ2n) is 1.73. The van der Waals surface area contributed by atoms with Crippen LogP contribution in [-0.2, 0) is 10.1 Å². The van der Waals surface area contributed by atoms with Gasteiger partial charge in [-0.2, -0.15) is 8.42 Å². The maximum absolute atomic E-state index is 10.1. The van der Waals surface area contributed by atoms with Crippen LogP contribution >= 0.6 is 0 Å². The van der Waals surface area contributed by atoms with Crippen molar-refractivity contribution >= 4 is 10.1 Å². The van der Waals surface area contributed by atoms with Crippen LogP contribution < -0.4 is 18.9 Å². The molecule has 3 nitrogen and oxygen atoms in total. The van der Waals surface area contributed by atoms with E-state index in [2.05, 4.69) is 0 Å². The molecule has 0 fully saturated rings. The largest absolute Gasteiger partial charge is 1.00 e. The van der Waals surface area contributed by atoms with Crippen LogP contribution in [0, 0.1) is 0 Å². The van der Waals surface area contributed by atoms with Gasteiger partial charge in [-0.1, -0.05) is 6.92 Å². The van der Waals surface area contributed by atoms with E-state index in [-0.39, 0.29) is 20.3 Å². The second-order valence-corrected chi connectivity index (χ2v) is 3.57. The molecule has 0 rings (SSSR count). The van der Waals surface area contributed by atoms with Gasteiger partial charge in [0.2, 0.25) is 0 Å². The Morgan fingerprint density at radius 1 is 1.67 bits per heavy atom. The van der Waals surface area contributed by atoms with E-state index in [0.717, 1.165) is 0 Å². The van der Waals surface area contributed by atoms with Gasteiger partial charge in [0.05, 0.1) is 5.25 Å². The Labute approximate surface area is 69.2 Å². The molecule has 9 heavy (non-hydrogen) atoms. The van der Waals surface area contributed by atoms with Crippen molar-refractivity contribution in [1.82, 2.24) is 0 Å². The Hall–Kier alpha value is 0.507. The van der Waals surface area contributed by atoms with Crippen LogP contribution in [0.25, 0.3) is 0 Å². The van der Waals surface area contributed by atoms with Gasteiger partial charge < -0.3 is 1.43 Å². The average molecular weight is 146 g/mol. The minimum absolute atomic E-state index is 0. The topological polar surface area (TPSA) is 54.4 Å². The van der Waals surface area contributed by atoms with Crippen LogP contribution in [0.4, 0.5) is 0 Å². The minimum atomic E-state index is -3.75. The van der Waals surface area contributed by atoms with Crippen LogP contribution in [0.15, 0.2) is 0 Å².